The van der Waals surface area contributed by atoms with E-state index >= 15 is 0 Å². The summed E-state index contributed by atoms with van der Waals surface area (Å²) in [5.74, 6) is -1.31. The van der Waals surface area contributed by atoms with Crippen LogP contribution in [0.2, 0.25) is 0 Å². The first kappa shape index (κ1) is 18.2. The number of aliphatic hydroxyl groups is 2. The molecule has 7 nitrogen and oxygen atoms in total. The lowest BCUT2D eigenvalue weighted by molar-refractivity contribution is -0.151. The molecule has 1 heterocycles. The van der Waals surface area contributed by atoms with E-state index < -0.39 is 23.4 Å². The number of nitrogens with one attached hydrogen (secondary N) is 1. The fourth-order valence-corrected chi connectivity index (χ4v) is 2.47. The van der Waals surface area contributed by atoms with Crippen molar-refractivity contribution in [3.63, 3.8) is 0 Å². The third kappa shape index (κ3) is 4.42. The third-order valence-electron chi connectivity index (χ3n) is 4.01. The normalized spacial score (nSPS) is 23.7. The summed E-state index contributed by atoms with van der Waals surface area (Å²) in [6.45, 7) is 0.978. The zero-order valence-electron chi connectivity index (χ0n) is 13.4. The smallest absolute Gasteiger partial charge is 0.260 e. The van der Waals surface area contributed by atoms with Crippen LogP contribution in [0.3, 0.4) is 0 Å². The minimum Gasteiger partial charge on any atom is -0.481 e. The Morgan fingerprint density at radius 3 is 2.79 bits per heavy atom. The highest BCUT2D eigenvalue weighted by Gasteiger charge is 2.41. The van der Waals surface area contributed by atoms with Crippen LogP contribution in [0.5, 0.6) is 5.75 Å². The Morgan fingerprint density at radius 1 is 1.46 bits per heavy atom. The van der Waals surface area contributed by atoms with E-state index in [0.29, 0.717) is 0 Å². The summed E-state index contributed by atoms with van der Waals surface area (Å²) in [4.78, 5) is 24.4. The number of benzene rings is 1. The summed E-state index contributed by atoms with van der Waals surface area (Å²) in [6, 6.07) is 5.75. The number of likely N-dealkylation sites (tertiary alicyclic amines) is 1. The van der Waals surface area contributed by atoms with Crippen molar-refractivity contribution in [1.82, 2.24) is 10.2 Å². The van der Waals surface area contributed by atoms with E-state index in [0.717, 1.165) is 0 Å². The van der Waals surface area contributed by atoms with Gasteiger partial charge < -0.3 is 25.2 Å². The van der Waals surface area contributed by atoms with Gasteiger partial charge in [0, 0.05) is 26.6 Å². The fraction of sp³-hybridized carbons (Fsp3) is 0.500. The maximum absolute atomic E-state index is 13.4. The Morgan fingerprint density at radius 2 is 2.17 bits per heavy atom. The number of hydrogen-bond donors (Lipinski definition) is 3. The minimum atomic E-state index is -1.48. The van der Waals surface area contributed by atoms with Crippen LogP contribution in [0.15, 0.2) is 24.3 Å². The first-order chi connectivity index (χ1) is 11.3. The molecular formula is C16H21FN2O5. The van der Waals surface area contributed by atoms with E-state index in [1.54, 1.807) is 6.07 Å². The summed E-state index contributed by atoms with van der Waals surface area (Å²) in [5, 5.41) is 22.9. The van der Waals surface area contributed by atoms with Gasteiger partial charge in [-0.15, -0.1) is 0 Å². The van der Waals surface area contributed by atoms with E-state index in [2.05, 4.69) is 5.32 Å². The number of hydrogen-bond acceptors (Lipinski definition) is 5. The molecule has 2 rings (SSSR count). The summed E-state index contributed by atoms with van der Waals surface area (Å²) in [6.07, 6.45) is -1.09. The lowest BCUT2D eigenvalue weighted by atomic mass is 9.88. The summed E-state index contributed by atoms with van der Waals surface area (Å²) in [7, 11) is 0. The van der Waals surface area contributed by atoms with Crippen molar-refractivity contribution in [1.29, 1.82) is 0 Å². The van der Waals surface area contributed by atoms with E-state index in [1.165, 1.54) is 30.0 Å². The Labute approximate surface area is 139 Å². The van der Waals surface area contributed by atoms with Crippen molar-refractivity contribution in [2.45, 2.75) is 25.0 Å². The molecule has 0 unspecified atom stereocenters. The molecule has 0 saturated carbocycles. The molecule has 24 heavy (non-hydrogen) atoms. The van der Waals surface area contributed by atoms with Crippen molar-refractivity contribution in [2.75, 3.05) is 26.2 Å². The molecule has 0 spiro atoms. The van der Waals surface area contributed by atoms with Crippen molar-refractivity contribution < 1.29 is 28.9 Å². The van der Waals surface area contributed by atoms with Gasteiger partial charge in [-0.2, -0.15) is 0 Å². The minimum absolute atomic E-state index is 0.0226. The number of amides is 2. The van der Waals surface area contributed by atoms with E-state index in [1.807, 2.05) is 0 Å². The number of β-amino-alcohol motifs (C(OH)–C–C–N with tert-alkyl or cyclic N) is 1. The van der Waals surface area contributed by atoms with Crippen LogP contribution >= 0.6 is 0 Å². The summed E-state index contributed by atoms with van der Waals surface area (Å²) in [5.41, 5.74) is -1.48. The molecule has 2 atom stereocenters. The Balaban J connectivity index is 1.87. The number of halogens is 1. The highest BCUT2D eigenvalue weighted by molar-refractivity contribution is 5.78. The van der Waals surface area contributed by atoms with Gasteiger partial charge in [0.05, 0.1) is 0 Å². The molecule has 1 saturated heterocycles. The van der Waals surface area contributed by atoms with E-state index in [9.17, 15) is 24.2 Å². The first-order valence-corrected chi connectivity index (χ1v) is 7.62. The van der Waals surface area contributed by atoms with Crippen molar-refractivity contribution >= 4 is 11.8 Å². The fourth-order valence-electron chi connectivity index (χ4n) is 2.47. The molecule has 1 aliphatic heterocycles. The number of aliphatic hydroxyl groups excluding tert-OH is 1. The third-order valence-corrected chi connectivity index (χ3v) is 4.01. The SMILES string of the molecule is CC(=O)NC[C@]1(O)CCN(C(=O)COc2ccccc2F)C[C@H]1O. The Kier molecular flexibility index (Phi) is 5.74. The molecule has 1 aliphatic rings. The van der Waals surface area contributed by atoms with Crippen molar-refractivity contribution in [3.05, 3.63) is 30.1 Å². The number of carbonyl (C=O) groups is 2. The van der Waals surface area contributed by atoms with Gasteiger partial charge in [0.15, 0.2) is 18.2 Å². The lowest BCUT2D eigenvalue weighted by Gasteiger charge is -2.42. The molecule has 0 bridgehead atoms. The van der Waals surface area contributed by atoms with Crippen LogP contribution in [0, 0.1) is 5.82 Å². The van der Waals surface area contributed by atoms with Gasteiger partial charge in [-0.25, -0.2) is 4.39 Å². The maximum Gasteiger partial charge on any atom is 0.260 e. The molecule has 0 aromatic heterocycles. The van der Waals surface area contributed by atoms with Crippen LogP contribution in [-0.2, 0) is 9.59 Å². The zero-order chi connectivity index (χ0) is 17.7. The molecule has 0 aliphatic carbocycles. The van der Waals surface area contributed by atoms with Crippen LogP contribution < -0.4 is 10.1 Å². The van der Waals surface area contributed by atoms with Gasteiger partial charge in [0.2, 0.25) is 5.91 Å². The molecule has 132 valence electrons. The quantitative estimate of drug-likeness (QED) is 0.681. The summed E-state index contributed by atoms with van der Waals surface area (Å²) < 4.78 is 18.6. The standard InChI is InChI=1S/C16H21FN2O5/c1-11(20)18-10-16(23)6-7-19(8-14(16)21)15(22)9-24-13-5-3-2-4-12(13)17/h2-5,14,21,23H,6-10H2,1H3,(H,18,20)/t14-,16-/m1/s1. The largest absolute Gasteiger partial charge is 0.481 e. The number of piperidine rings is 1. The van der Waals surface area contributed by atoms with Gasteiger partial charge in [0.25, 0.3) is 5.91 Å². The second-order valence-corrected chi connectivity index (χ2v) is 5.84. The summed E-state index contributed by atoms with van der Waals surface area (Å²) >= 11 is 0. The molecule has 0 radical (unpaired) electrons. The van der Waals surface area contributed by atoms with E-state index in [4.69, 9.17) is 4.74 Å². The Bertz CT molecular complexity index is 612. The maximum atomic E-state index is 13.4. The van der Waals surface area contributed by atoms with Crippen LogP contribution in [-0.4, -0.2) is 64.9 Å². The van der Waals surface area contributed by atoms with Crippen LogP contribution in [0.4, 0.5) is 4.39 Å². The molecule has 8 heteroatoms. The van der Waals surface area contributed by atoms with Gasteiger partial charge >= 0.3 is 0 Å². The highest BCUT2D eigenvalue weighted by Crippen LogP contribution is 2.23. The molecule has 3 N–H and O–H groups in total. The van der Waals surface area contributed by atoms with Crippen molar-refractivity contribution in [3.8, 4) is 5.75 Å². The number of rotatable bonds is 5. The average Bonchev–Trinajstić information content (AvgIpc) is 2.55. The Hall–Kier alpha value is -2.19. The van der Waals surface area contributed by atoms with Gasteiger partial charge in [-0.3, -0.25) is 9.59 Å². The van der Waals surface area contributed by atoms with Gasteiger partial charge in [-0.1, -0.05) is 12.1 Å². The highest BCUT2D eigenvalue weighted by atomic mass is 19.1. The van der Waals surface area contributed by atoms with Crippen LogP contribution in [0.25, 0.3) is 0 Å². The van der Waals surface area contributed by atoms with Gasteiger partial charge in [0.1, 0.15) is 11.7 Å². The number of carbonyl (C=O) groups excluding carboxylic acids is 2. The van der Waals surface area contributed by atoms with E-state index in [-0.39, 0.29) is 44.3 Å². The lowest BCUT2D eigenvalue weighted by Crippen LogP contribution is -2.61. The van der Waals surface area contributed by atoms with Gasteiger partial charge in [-0.05, 0) is 18.6 Å². The molecule has 1 fully saturated rings. The monoisotopic (exact) mass is 340 g/mol. The predicted molar refractivity (Wildman–Crippen MR) is 82.7 cm³/mol. The number of nitrogens with zero attached hydrogens (tertiary/aromatic N) is 1. The number of ether oxygens (including phenoxy) is 1. The topological polar surface area (TPSA) is 99.1 Å². The predicted octanol–water partition coefficient (Wildman–Crippen LogP) is -0.335. The second kappa shape index (κ2) is 7.59. The average molecular weight is 340 g/mol. The van der Waals surface area contributed by atoms with Crippen molar-refractivity contribution in [2.24, 2.45) is 0 Å². The molecular weight excluding hydrogens is 319 g/mol. The first-order valence-electron chi connectivity index (χ1n) is 7.62. The second-order valence-electron chi connectivity index (χ2n) is 5.84. The zero-order valence-corrected chi connectivity index (χ0v) is 13.4. The molecule has 2 amide bonds. The molecule has 1 aromatic rings. The van der Waals surface area contributed by atoms with Crippen LogP contribution in [0.1, 0.15) is 13.3 Å². The number of para-hydroxylation sites is 1. The molecule has 1 aromatic carbocycles.